The summed E-state index contributed by atoms with van der Waals surface area (Å²) >= 11 is 0. The molecule has 0 saturated heterocycles. The first-order valence-electron chi connectivity index (χ1n) is 11.1. The molecule has 188 valence electrons. The lowest BCUT2D eigenvalue weighted by Gasteiger charge is -2.18. The van der Waals surface area contributed by atoms with Crippen LogP contribution < -0.4 is 0 Å². The summed E-state index contributed by atoms with van der Waals surface area (Å²) in [4.78, 5) is 60.8. The van der Waals surface area contributed by atoms with Crippen LogP contribution in [0.4, 0.5) is 0 Å². The number of ether oxygens (including phenoxy) is 4. The Morgan fingerprint density at radius 2 is 1.36 bits per heavy atom. The van der Waals surface area contributed by atoms with Crippen LogP contribution in [0, 0.1) is 0 Å². The lowest BCUT2D eigenvalue weighted by atomic mass is 9.98. The van der Waals surface area contributed by atoms with Gasteiger partial charge in [0.1, 0.15) is 13.2 Å². The van der Waals surface area contributed by atoms with Crippen LogP contribution in [0.2, 0.25) is 0 Å². The molecule has 1 aliphatic rings. The molecule has 36 heavy (non-hydrogen) atoms. The Morgan fingerprint density at radius 3 is 1.94 bits per heavy atom. The normalized spacial score (nSPS) is 12.8. The Kier molecular flexibility index (Phi) is 8.50. The van der Waals surface area contributed by atoms with E-state index in [4.69, 9.17) is 18.9 Å². The zero-order chi connectivity index (χ0) is 26.4. The minimum absolute atomic E-state index is 0.0348. The smallest absolute Gasteiger partial charge is 0.338 e. The molecule has 0 saturated carbocycles. The number of ketones is 2. The third-order valence-corrected chi connectivity index (χ3v) is 5.39. The van der Waals surface area contributed by atoms with E-state index >= 15 is 0 Å². The van der Waals surface area contributed by atoms with Crippen molar-refractivity contribution in [2.24, 2.45) is 0 Å². The van der Waals surface area contributed by atoms with Crippen molar-refractivity contribution in [3.63, 3.8) is 0 Å². The first-order chi connectivity index (χ1) is 17.1. The summed E-state index contributed by atoms with van der Waals surface area (Å²) in [5, 5.41) is 0. The van der Waals surface area contributed by atoms with Crippen LogP contribution in [0.1, 0.15) is 73.3 Å². The molecule has 2 aromatic carbocycles. The number of fused-ring (bicyclic) bond motifs is 1. The van der Waals surface area contributed by atoms with Gasteiger partial charge in [0.15, 0.2) is 17.7 Å². The number of hydrogen-bond donors (Lipinski definition) is 0. The van der Waals surface area contributed by atoms with Gasteiger partial charge in [0.25, 0.3) is 0 Å². The lowest BCUT2D eigenvalue weighted by molar-refractivity contribution is -0.148. The van der Waals surface area contributed by atoms with Crippen molar-refractivity contribution >= 4 is 29.5 Å². The van der Waals surface area contributed by atoms with E-state index in [0.29, 0.717) is 18.8 Å². The standard InChI is InChI=1S/C27H26O9/c1-15(2)25(30)36-22(13-34-26(31)18-5-6-20-11-33-12-21(20)9-18)14-35-27(32)19-7-8-23(16(3)28)24(10-19)17(4)29/h5-10,22H,1,11-14H2,2-4H3. The molecule has 1 heterocycles. The van der Waals surface area contributed by atoms with E-state index in [1.165, 1.54) is 39.0 Å². The van der Waals surface area contributed by atoms with Crippen molar-refractivity contribution < 1.29 is 42.9 Å². The van der Waals surface area contributed by atoms with E-state index in [9.17, 15) is 24.0 Å². The zero-order valence-electron chi connectivity index (χ0n) is 20.3. The van der Waals surface area contributed by atoms with Gasteiger partial charge in [-0.2, -0.15) is 0 Å². The Labute approximate surface area is 208 Å². The van der Waals surface area contributed by atoms with Crippen LogP contribution in [0.15, 0.2) is 48.6 Å². The fourth-order valence-electron chi connectivity index (χ4n) is 3.44. The van der Waals surface area contributed by atoms with Gasteiger partial charge in [0, 0.05) is 16.7 Å². The van der Waals surface area contributed by atoms with Gasteiger partial charge in [-0.15, -0.1) is 0 Å². The van der Waals surface area contributed by atoms with Gasteiger partial charge < -0.3 is 18.9 Å². The lowest BCUT2D eigenvalue weighted by Crippen LogP contribution is -2.31. The highest BCUT2D eigenvalue weighted by molar-refractivity contribution is 6.08. The number of rotatable bonds is 10. The van der Waals surface area contributed by atoms with Gasteiger partial charge >= 0.3 is 17.9 Å². The van der Waals surface area contributed by atoms with Crippen LogP contribution >= 0.6 is 0 Å². The maximum Gasteiger partial charge on any atom is 0.338 e. The molecule has 0 radical (unpaired) electrons. The van der Waals surface area contributed by atoms with Gasteiger partial charge in [0.2, 0.25) is 0 Å². The quantitative estimate of drug-likeness (QED) is 0.211. The van der Waals surface area contributed by atoms with Crippen molar-refractivity contribution in [1.29, 1.82) is 0 Å². The van der Waals surface area contributed by atoms with E-state index in [2.05, 4.69) is 6.58 Å². The molecule has 0 aromatic heterocycles. The monoisotopic (exact) mass is 494 g/mol. The summed E-state index contributed by atoms with van der Waals surface area (Å²) in [6, 6.07) is 9.08. The molecule has 9 heteroatoms. The molecule has 1 atom stereocenters. The number of hydrogen-bond acceptors (Lipinski definition) is 9. The van der Waals surface area contributed by atoms with E-state index in [1.807, 2.05) is 0 Å². The summed E-state index contributed by atoms with van der Waals surface area (Å²) in [5.41, 5.74) is 2.63. The van der Waals surface area contributed by atoms with Crippen LogP contribution in [0.25, 0.3) is 0 Å². The maximum atomic E-state index is 12.6. The molecular weight excluding hydrogens is 468 g/mol. The third-order valence-electron chi connectivity index (χ3n) is 5.39. The SMILES string of the molecule is C=C(C)C(=O)OC(COC(=O)c1ccc2c(c1)COC2)COC(=O)c1ccc(C(C)=O)c(C(C)=O)c1. The minimum atomic E-state index is -1.11. The number of Topliss-reactive ketones (excluding diaryl/α,β-unsaturated/α-hetero) is 2. The van der Waals surface area contributed by atoms with Gasteiger partial charge in [-0.1, -0.05) is 12.6 Å². The van der Waals surface area contributed by atoms with Gasteiger partial charge in [-0.25, -0.2) is 14.4 Å². The van der Waals surface area contributed by atoms with Crippen molar-refractivity contribution in [3.8, 4) is 0 Å². The number of carbonyl (C=O) groups excluding carboxylic acids is 5. The van der Waals surface area contributed by atoms with E-state index in [0.717, 1.165) is 11.1 Å². The van der Waals surface area contributed by atoms with Gasteiger partial charge in [-0.3, -0.25) is 9.59 Å². The number of carbonyl (C=O) groups is 5. The highest BCUT2D eigenvalue weighted by atomic mass is 16.6. The van der Waals surface area contributed by atoms with Gasteiger partial charge in [0.05, 0.1) is 24.3 Å². The van der Waals surface area contributed by atoms with Gasteiger partial charge in [-0.05, 0) is 62.2 Å². The summed E-state index contributed by atoms with van der Waals surface area (Å²) in [5.74, 6) is -2.89. The summed E-state index contributed by atoms with van der Waals surface area (Å²) in [6.45, 7) is 7.66. The molecule has 1 aliphatic heterocycles. The molecule has 3 rings (SSSR count). The predicted octanol–water partition coefficient (Wildman–Crippen LogP) is 3.62. The van der Waals surface area contributed by atoms with Crippen molar-refractivity contribution in [3.05, 3.63) is 81.9 Å². The fourth-order valence-corrected chi connectivity index (χ4v) is 3.44. The second-order valence-electron chi connectivity index (χ2n) is 8.35. The zero-order valence-corrected chi connectivity index (χ0v) is 20.3. The molecule has 9 nitrogen and oxygen atoms in total. The number of esters is 3. The molecule has 1 unspecified atom stereocenters. The van der Waals surface area contributed by atoms with Crippen LogP contribution in [-0.2, 0) is 37.0 Å². The van der Waals surface area contributed by atoms with Crippen LogP contribution in [0.5, 0.6) is 0 Å². The fraction of sp³-hybridized carbons (Fsp3) is 0.296. The molecular formula is C27H26O9. The van der Waals surface area contributed by atoms with E-state index in [1.54, 1.807) is 18.2 Å². The summed E-state index contributed by atoms with van der Waals surface area (Å²) < 4.78 is 21.2. The predicted molar refractivity (Wildman–Crippen MR) is 127 cm³/mol. The molecule has 0 bridgehead atoms. The van der Waals surface area contributed by atoms with Crippen molar-refractivity contribution in [2.75, 3.05) is 13.2 Å². The van der Waals surface area contributed by atoms with Crippen LogP contribution in [-0.4, -0.2) is 48.8 Å². The first-order valence-corrected chi connectivity index (χ1v) is 11.1. The van der Waals surface area contributed by atoms with Crippen molar-refractivity contribution in [2.45, 2.75) is 40.1 Å². The Balaban J connectivity index is 1.67. The maximum absolute atomic E-state index is 12.6. The Morgan fingerprint density at radius 1 is 0.806 bits per heavy atom. The topological polar surface area (TPSA) is 122 Å². The largest absolute Gasteiger partial charge is 0.458 e. The average molecular weight is 494 g/mol. The molecule has 0 spiro atoms. The Hall–Kier alpha value is -4.11. The second-order valence-corrected chi connectivity index (χ2v) is 8.35. The molecule has 2 aromatic rings. The van der Waals surface area contributed by atoms with Crippen molar-refractivity contribution in [1.82, 2.24) is 0 Å². The highest BCUT2D eigenvalue weighted by Gasteiger charge is 2.23. The summed E-state index contributed by atoms with van der Waals surface area (Å²) in [7, 11) is 0. The summed E-state index contributed by atoms with van der Waals surface area (Å²) in [6.07, 6.45) is -1.11. The molecule has 0 fully saturated rings. The average Bonchev–Trinajstić information content (AvgIpc) is 3.32. The van der Waals surface area contributed by atoms with Crippen LogP contribution in [0.3, 0.4) is 0 Å². The molecule has 0 amide bonds. The third kappa shape index (κ3) is 6.51. The molecule has 0 aliphatic carbocycles. The first kappa shape index (κ1) is 26.5. The highest BCUT2D eigenvalue weighted by Crippen LogP contribution is 2.21. The molecule has 0 N–H and O–H groups in total. The number of benzene rings is 2. The minimum Gasteiger partial charge on any atom is -0.458 e. The van der Waals surface area contributed by atoms with E-state index in [-0.39, 0.29) is 40.4 Å². The second kappa shape index (κ2) is 11.5. The van der Waals surface area contributed by atoms with E-state index < -0.39 is 30.6 Å². The Bertz CT molecular complexity index is 1240.